The number of nitriles is 1. The average molecular weight is 362 g/mol. The molecule has 0 bridgehead atoms. The lowest BCUT2D eigenvalue weighted by Crippen LogP contribution is -2.37. The van der Waals surface area contributed by atoms with E-state index < -0.39 is 0 Å². The van der Waals surface area contributed by atoms with Crippen LogP contribution in [0.25, 0.3) is 5.82 Å². The highest BCUT2D eigenvalue weighted by molar-refractivity contribution is 5.49. The lowest BCUT2D eigenvalue weighted by Gasteiger charge is -2.32. The molecule has 0 amide bonds. The molecule has 0 aliphatic carbocycles. The van der Waals surface area contributed by atoms with E-state index in [1.165, 1.54) is 16.9 Å². The summed E-state index contributed by atoms with van der Waals surface area (Å²) in [5, 5.41) is 17.8. The Morgan fingerprint density at radius 2 is 1.96 bits per heavy atom. The number of rotatable bonds is 4. The molecule has 0 unspecified atom stereocenters. The first kappa shape index (κ1) is 16.9. The first-order valence-corrected chi connectivity index (χ1v) is 8.79. The predicted octanol–water partition coefficient (Wildman–Crippen LogP) is 1.01. The summed E-state index contributed by atoms with van der Waals surface area (Å²) in [5.74, 6) is 1.59. The fraction of sp³-hybridized carbons (Fsp3) is 0.333. The molecule has 1 saturated heterocycles. The molecule has 4 heterocycles. The summed E-state index contributed by atoms with van der Waals surface area (Å²) in [5.41, 5.74) is 0.231. The van der Waals surface area contributed by atoms with Gasteiger partial charge in [0, 0.05) is 50.5 Å². The van der Waals surface area contributed by atoms with E-state index in [0.29, 0.717) is 29.8 Å². The Morgan fingerprint density at radius 3 is 2.70 bits per heavy atom. The van der Waals surface area contributed by atoms with Crippen LogP contribution in [-0.4, -0.2) is 42.6 Å². The quantitative estimate of drug-likeness (QED) is 0.682. The third-order valence-corrected chi connectivity index (χ3v) is 4.72. The molecule has 3 aromatic heterocycles. The number of anilines is 1. The normalized spacial score (nSPS) is 14.9. The Labute approximate surface area is 155 Å². The molecule has 136 valence electrons. The molecule has 0 saturated carbocycles. The Kier molecular flexibility index (Phi) is 4.61. The SMILES string of the molecule is N#Cc1nccnc1N1CCC(Cn2nc(-n3cccn3)ccc2=O)CC1. The lowest BCUT2D eigenvalue weighted by molar-refractivity contribution is 0.333. The maximum absolute atomic E-state index is 12.2. The molecule has 1 fully saturated rings. The Bertz CT molecular complexity index is 1010. The summed E-state index contributed by atoms with van der Waals surface area (Å²) in [6.45, 7) is 2.10. The van der Waals surface area contributed by atoms with Gasteiger partial charge in [0.05, 0.1) is 0 Å². The van der Waals surface area contributed by atoms with Gasteiger partial charge in [-0.2, -0.15) is 10.4 Å². The van der Waals surface area contributed by atoms with E-state index in [0.717, 1.165) is 25.9 Å². The van der Waals surface area contributed by atoms with Crippen molar-refractivity contribution < 1.29 is 0 Å². The number of piperidine rings is 1. The highest BCUT2D eigenvalue weighted by atomic mass is 16.1. The minimum absolute atomic E-state index is 0.117. The van der Waals surface area contributed by atoms with Crippen LogP contribution in [0.4, 0.5) is 5.82 Å². The van der Waals surface area contributed by atoms with Gasteiger partial charge in [-0.15, -0.1) is 5.10 Å². The molecule has 0 radical (unpaired) electrons. The van der Waals surface area contributed by atoms with Crippen LogP contribution >= 0.6 is 0 Å². The van der Waals surface area contributed by atoms with Crippen LogP contribution in [-0.2, 0) is 6.54 Å². The standard InChI is InChI=1S/C18H18N8O/c19-12-15-18(21-8-7-20-15)24-10-4-14(5-11-24)13-26-17(27)3-2-16(23-26)25-9-1-6-22-25/h1-3,6-9,14H,4-5,10-11,13H2. The molecule has 4 rings (SSSR count). The van der Waals surface area contributed by atoms with Gasteiger partial charge in [0.1, 0.15) is 6.07 Å². The molecule has 0 atom stereocenters. The molecule has 9 heteroatoms. The van der Waals surface area contributed by atoms with Crippen LogP contribution in [0.3, 0.4) is 0 Å². The van der Waals surface area contributed by atoms with Crippen LogP contribution < -0.4 is 10.5 Å². The van der Waals surface area contributed by atoms with Crippen molar-refractivity contribution in [3.05, 3.63) is 59.0 Å². The van der Waals surface area contributed by atoms with Crippen molar-refractivity contribution in [2.24, 2.45) is 5.92 Å². The molecular formula is C18H18N8O. The Balaban J connectivity index is 1.45. The maximum atomic E-state index is 12.2. The zero-order chi connectivity index (χ0) is 18.6. The number of hydrogen-bond acceptors (Lipinski definition) is 7. The zero-order valence-corrected chi connectivity index (χ0v) is 14.6. The van der Waals surface area contributed by atoms with E-state index in [9.17, 15) is 10.1 Å². The third-order valence-electron chi connectivity index (χ3n) is 4.72. The second-order valence-corrected chi connectivity index (χ2v) is 6.43. The highest BCUT2D eigenvalue weighted by Crippen LogP contribution is 2.24. The molecule has 3 aromatic rings. The molecular weight excluding hydrogens is 344 g/mol. The van der Waals surface area contributed by atoms with Gasteiger partial charge in [-0.3, -0.25) is 4.79 Å². The largest absolute Gasteiger partial charge is 0.354 e. The number of hydrogen-bond donors (Lipinski definition) is 0. The smallest absolute Gasteiger partial charge is 0.266 e. The van der Waals surface area contributed by atoms with Gasteiger partial charge in [-0.1, -0.05) is 0 Å². The van der Waals surface area contributed by atoms with Gasteiger partial charge >= 0.3 is 0 Å². The first-order chi connectivity index (χ1) is 13.2. The monoisotopic (exact) mass is 362 g/mol. The van der Waals surface area contributed by atoms with Crippen LogP contribution in [0.5, 0.6) is 0 Å². The fourth-order valence-corrected chi connectivity index (χ4v) is 3.31. The summed E-state index contributed by atoms with van der Waals surface area (Å²) >= 11 is 0. The van der Waals surface area contributed by atoms with Gasteiger partial charge in [-0.25, -0.2) is 19.3 Å². The van der Waals surface area contributed by atoms with E-state index in [2.05, 4.69) is 31.1 Å². The van der Waals surface area contributed by atoms with Gasteiger partial charge in [0.2, 0.25) is 0 Å². The summed E-state index contributed by atoms with van der Waals surface area (Å²) in [4.78, 5) is 22.6. The lowest BCUT2D eigenvalue weighted by atomic mass is 9.96. The molecule has 9 nitrogen and oxygen atoms in total. The third kappa shape index (κ3) is 3.55. The average Bonchev–Trinajstić information content (AvgIpc) is 3.25. The highest BCUT2D eigenvalue weighted by Gasteiger charge is 2.23. The van der Waals surface area contributed by atoms with Crippen LogP contribution in [0, 0.1) is 17.2 Å². The van der Waals surface area contributed by atoms with Gasteiger partial charge in [0.25, 0.3) is 5.56 Å². The number of nitrogens with zero attached hydrogens (tertiary/aromatic N) is 8. The summed E-state index contributed by atoms with van der Waals surface area (Å²) in [7, 11) is 0. The van der Waals surface area contributed by atoms with E-state index in [1.54, 1.807) is 29.3 Å². The van der Waals surface area contributed by atoms with E-state index in [-0.39, 0.29) is 5.56 Å². The molecule has 0 aromatic carbocycles. The van der Waals surface area contributed by atoms with Crippen LogP contribution in [0.1, 0.15) is 18.5 Å². The van der Waals surface area contributed by atoms with Crippen LogP contribution in [0.15, 0.2) is 47.8 Å². The topological polar surface area (TPSA) is 106 Å². The summed E-state index contributed by atoms with van der Waals surface area (Å²) < 4.78 is 3.15. The first-order valence-electron chi connectivity index (χ1n) is 8.79. The second kappa shape index (κ2) is 7.37. The van der Waals surface area contributed by atoms with Crippen molar-refractivity contribution in [1.29, 1.82) is 5.26 Å². The van der Waals surface area contributed by atoms with Crippen LogP contribution in [0.2, 0.25) is 0 Å². The Hall–Kier alpha value is -3.54. The van der Waals surface area contributed by atoms with Crippen molar-refractivity contribution in [2.75, 3.05) is 18.0 Å². The summed E-state index contributed by atoms with van der Waals surface area (Å²) in [6, 6.07) is 7.10. The predicted molar refractivity (Wildman–Crippen MR) is 97.3 cm³/mol. The van der Waals surface area contributed by atoms with Crippen molar-refractivity contribution in [2.45, 2.75) is 19.4 Å². The van der Waals surface area contributed by atoms with Gasteiger partial charge < -0.3 is 4.90 Å². The maximum Gasteiger partial charge on any atom is 0.266 e. The number of aromatic nitrogens is 6. The minimum atomic E-state index is -0.117. The van der Waals surface area contributed by atoms with Gasteiger partial charge in [0.15, 0.2) is 17.3 Å². The minimum Gasteiger partial charge on any atom is -0.354 e. The van der Waals surface area contributed by atoms with E-state index in [4.69, 9.17) is 0 Å². The molecule has 27 heavy (non-hydrogen) atoms. The van der Waals surface area contributed by atoms with Crippen molar-refractivity contribution in [3.8, 4) is 11.9 Å². The summed E-state index contributed by atoms with van der Waals surface area (Å²) in [6.07, 6.45) is 8.38. The molecule has 1 aliphatic rings. The molecule has 1 aliphatic heterocycles. The van der Waals surface area contributed by atoms with Crippen molar-refractivity contribution in [1.82, 2.24) is 29.5 Å². The Morgan fingerprint density at radius 1 is 1.15 bits per heavy atom. The molecule has 0 spiro atoms. The van der Waals surface area contributed by atoms with Crippen molar-refractivity contribution in [3.63, 3.8) is 0 Å². The molecule has 0 N–H and O–H groups in total. The van der Waals surface area contributed by atoms with E-state index in [1.807, 2.05) is 6.07 Å². The van der Waals surface area contributed by atoms with Crippen molar-refractivity contribution >= 4 is 5.82 Å². The second-order valence-electron chi connectivity index (χ2n) is 6.43. The van der Waals surface area contributed by atoms with Gasteiger partial charge in [-0.05, 0) is 30.9 Å². The fourth-order valence-electron chi connectivity index (χ4n) is 3.31. The van der Waals surface area contributed by atoms with E-state index >= 15 is 0 Å². The zero-order valence-electron chi connectivity index (χ0n) is 14.6.